The lowest BCUT2D eigenvalue weighted by Crippen LogP contribution is -2.45. The molecular formula is C56H108N2O6P+. The van der Waals surface area contributed by atoms with E-state index in [-0.39, 0.29) is 19.1 Å². The van der Waals surface area contributed by atoms with Crippen LogP contribution in [0.25, 0.3) is 0 Å². The molecule has 3 N–H and O–H groups in total. The summed E-state index contributed by atoms with van der Waals surface area (Å²) in [6, 6.07) is -0.864. The maximum Gasteiger partial charge on any atom is 0.472 e. The molecular weight excluding hydrogens is 828 g/mol. The number of unbranched alkanes of at least 4 members (excludes halogenated alkanes) is 31. The minimum Gasteiger partial charge on any atom is -0.387 e. The van der Waals surface area contributed by atoms with E-state index in [0.29, 0.717) is 17.4 Å². The Morgan fingerprint density at radius 2 is 0.938 bits per heavy atom. The number of likely N-dealkylation sites (N-methyl/N-ethyl adjacent to an activating group) is 1. The quantitative estimate of drug-likeness (QED) is 0.0243. The van der Waals surface area contributed by atoms with Crippen molar-refractivity contribution in [1.82, 2.24) is 5.32 Å². The Labute approximate surface area is 403 Å². The van der Waals surface area contributed by atoms with E-state index in [4.69, 9.17) is 9.05 Å². The predicted molar refractivity (Wildman–Crippen MR) is 281 cm³/mol. The lowest BCUT2D eigenvalue weighted by atomic mass is 10.0. The lowest BCUT2D eigenvalue weighted by Gasteiger charge is -2.25. The molecule has 382 valence electrons. The van der Waals surface area contributed by atoms with Crippen LogP contribution in [-0.2, 0) is 18.4 Å². The summed E-state index contributed by atoms with van der Waals surface area (Å²) >= 11 is 0. The highest BCUT2D eigenvalue weighted by molar-refractivity contribution is 7.47. The largest absolute Gasteiger partial charge is 0.472 e. The molecule has 65 heavy (non-hydrogen) atoms. The highest BCUT2D eigenvalue weighted by Crippen LogP contribution is 2.43. The Morgan fingerprint density at radius 1 is 0.538 bits per heavy atom. The fourth-order valence-corrected chi connectivity index (χ4v) is 8.72. The van der Waals surface area contributed by atoms with E-state index in [1.54, 1.807) is 6.08 Å². The number of amides is 1. The van der Waals surface area contributed by atoms with Gasteiger partial charge >= 0.3 is 7.82 Å². The van der Waals surface area contributed by atoms with Gasteiger partial charge in [-0.1, -0.05) is 236 Å². The first-order valence-electron chi connectivity index (χ1n) is 27.5. The summed E-state index contributed by atoms with van der Waals surface area (Å²) in [7, 11) is 1.56. The standard InChI is InChI=1S/C56H107N2O6P/c1-6-8-10-12-14-16-18-20-22-24-26-28-30-31-33-35-37-39-41-43-45-47-49-55(59)54(53-64-65(61,62)63-52-51-58(3,4)5)57-56(60)50-48-46-44-42-40-38-36-34-32-29-27-25-23-21-19-17-15-13-11-9-7-2/h9,11,15,17,39,41,47,49,54-55,59H,6-8,10,12-14,16,18-38,40,42-46,48,50-53H2,1-5H3,(H-,57,60,61,62)/p+1/b11-9-,17-15-,41-39+,49-47+. The number of nitrogens with zero attached hydrogens (tertiary/aromatic N) is 1. The third-order valence-electron chi connectivity index (χ3n) is 12.3. The topological polar surface area (TPSA) is 105 Å². The van der Waals surface area contributed by atoms with Crippen molar-refractivity contribution in [3.8, 4) is 0 Å². The zero-order valence-electron chi connectivity index (χ0n) is 43.5. The molecule has 1 amide bonds. The number of phosphoric acid groups is 1. The Bertz CT molecular complexity index is 1200. The van der Waals surface area contributed by atoms with E-state index in [9.17, 15) is 19.4 Å². The van der Waals surface area contributed by atoms with Crippen LogP contribution in [0.15, 0.2) is 48.6 Å². The van der Waals surface area contributed by atoms with Gasteiger partial charge in [0.2, 0.25) is 5.91 Å². The van der Waals surface area contributed by atoms with Gasteiger partial charge in [0.15, 0.2) is 0 Å². The van der Waals surface area contributed by atoms with E-state index in [0.717, 1.165) is 51.4 Å². The van der Waals surface area contributed by atoms with Crippen LogP contribution < -0.4 is 5.32 Å². The fourth-order valence-electron chi connectivity index (χ4n) is 7.98. The monoisotopic (exact) mass is 936 g/mol. The number of hydrogen-bond donors (Lipinski definition) is 3. The van der Waals surface area contributed by atoms with Gasteiger partial charge in [0.05, 0.1) is 39.9 Å². The van der Waals surface area contributed by atoms with Gasteiger partial charge < -0.3 is 19.8 Å². The summed E-state index contributed by atoms with van der Waals surface area (Å²) < 4.78 is 23.7. The summed E-state index contributed by atoms with van der Waals surface area (Å²) in [4.78, 5) is 23.3. The Kier molecular flexibility index (Phi) is 46.4. The van der Waals surface area contributed by atoms with Crippen molar-refractivity contribution in [2.24, 2.45) is 0 Å². The smallest absolute Gasteiger partial charge is 0.387 e. The number of quaternary nitrogens is 1. The van der Waals surface area contributed by atoms with Crippen molar-refractivity contribution < 1.29 is 32.9 Å². The minimum atomic E-state index is -4.35. The number of carbonyl (C=O) groups excluding carboxylic acids is 1. The number of carbonyl (C=O) groups is 1. The van der Waals surface area contributed by atoms with Crippen molar-refractivity contribution in [3.63, 3.8) is 0 Å². The predicted octanol–water partition coefficient (Wildman–Crippen LogP) is 16.4. The van der Waals surface area contributed by atoms with E-state index in [2.05, 4.69) is 55.6 Å². The lowest BCUT2D eigenvalue weighted by molar-refractivity contribution is -0.870. The highest BCUT2D eigenvalue weighted by atomic mass is 31.2. The van der Waals surface area contributed by atoms with Crippen LogP contribution in [0.4, 0.5) is 0 Å². The molecule has 3 unspecified atom stereocenters. The van der Waals surface area contributed by atoms with Gasteiger partial charge in [-0.3, -0.25) is 13.8 Å². The normalized spacial score (nSPS) is 14.4. The highest BCUT2D eigenvalue weighted by Gasteiger charge is 2.27. The summed E-state index contributed by atoms with van der Waals surface area (Å²) in [6.07, 6.45) is 62.1. The number of phosphoric ester groups is 1. The van der Waals surface area contributed by atoms with E-state index < -0.39 is 20.0 Å². The molecule has 0 fully saturated rings. The zero-order valence-corrected chi connectivity index (χ0v) is 44.4. The molecule has 0 aromatic carbocycles. The summed E-state index contributed by atoms with van der Waals surface area (Å²) in [5.74, 6) is -0.186. The van der Waals surface area contributed by atoms with E-state index in [1.165, 1.54) is 180 Å². The molecule has 0 rings (SSSR count). The van der Waals surface area contributed by atoms with Gasteiger partial charge in [-0.25, -0.2) is 4.57 Å². The molecule has 0 aromatic rings. The van der Waals surface area contributed by atoms with Crippen LogP contribution in [0, 0.1) is 0 Å². The summed E-state index contributed by atoms with van der Waals surface area (Å²) in [5, 5.41) is 13.9. The van der Waals surface area contributed by atoms with Crippen molar-refractivity contribution in [1.29, 1.82) is 0 Å². The van der Waals surface area contributed by atoms with E-state index in [1.807, 2.05) is 27.2 Å². The average molecular weight is 936 g/mol. The first kappa shape index (κ1) is 63.5. The molecule has 0 aliphatic rings. The first-order chi connectivity index (χ1) is 31.5. The number of hydrogen-bond acceptors (Lipinski definition) is 5. The van der Waals surface area contributed by atoms with Gasteiger partial charge in [0.1, 0.15) is 13.2 Å². The third-order valence-corrected chi connectivity index (χ3v) is 13.3. The van der Waals surface area contributed by atoms with E-state index >= 15 is 0 Å². The van der Waals surface area contributed by atoms with Gasteiger partial charge in [0.25, 0.3) is 0 Å². The maximum atomic E-state index is 13.0. The molecule has 9 heteroatoms. The van der Waals surface area contributed by atoms with Crippen molar-refractivity contribution in [2.45, 2.75) is 264 Å². The number of nitrogens with one attached hydrogen (secondary N) is 1. The Hall–Kier alpha value is -1.54. The van der Waals surface area contributed by atoms with Gasteiger partial charge in [-0.2, -0.15) is 0 Å². The summed E-state index contributed by atoms with van der Waals surface area (Å²) in [6.45, 7) is 4.72. The molecule has 0 bridgehead atoms. The molecule has 8 nitrogen and oxygen atoms in total. The fraction of sp³-hybridized carbons (Fsp3) is 0.839. The molecule has 0 aliphatic heterocycles. The first-order valence-corrected chi connectivity index (χ1v) is 29.0. The van der Waals surface area contributed by atoms with Crippen LogP contribution in [0.3, 0.4) is 0 Å². The Balaban J connectivity index is 4.28. The van der Waals surface area contributed by atoms with Crippen LogP contribution in [-0.4, -0.2) is 73.4 Å². The van der Waals surface area contributed by atoms with Gasteiger partial charge in [-0.15, -0.1) is 0 Å². The van der Waals surface area contributed by atoms with Crippen LogP contribution >= 0.6 is 7.82 Å². The second-order valence-corrected chi connectivity index (χ2v) is 21.4. The molecule has 0 aliphatic carbocycles. The second kappa shape index (κ2) is 47.5. The van der Waals surface area contributed by atoms with Gasteiger partial charge in [0, 0.05) is 6.42 Å². The molecule has 0 aromatic heterocycles. The maximum absolute atomic E-state index is 13.0. The molecule has 0 spiro atoms. The zero-order chi connectivity index (χ0) is 47.8. The average Bonchev–Trinajstić information content (AvgIpc) is 3.26. The van der Waals surface area contributed by atoms with Crippen LogP contribution in [0.2, 0.25) is 0 Å². The number of aliphatic hydroxyl groups excluding tert-OH is 1. The molecule has 0 saturated heterocycles. The molecule has 3 atom stereocenters. The van der Waals surface area contributed by atoms with Crippen molar-refractivity contribution in [3.05, 3.63) is 48.6 Å². The summed E-state index contributed by atoms with van der Waals surface area (Å²) in [5.41, 5.74) is 0. The number of rotatable bonds is 50. The molecule has 0 heterocycles. The van der Waals surface area contributed by atoms with Crippen LogP contribution in [0.5, 0.6) is 0 Å². The minimum absolute atomic E-state index is 0.0560. The third kappa shape index (κ3) is 50.2. The molecule has 0 radical (unpaired) electrons. The molecule has 0 saturated carbocycles. The second-order valence-electron chi connectivity index (χ2n) is 19.9. The van der Waals surface area contributed by atoms with Crippen LogP contribution in [0.1, 0.15) is 251 Å². The van der Waals surface area contributed by atoms with Crippen molar-refractivity contribution in [2.75, 3.05) is 40.9 Å². The SMILES string of the molecule is CC/C=C\C/C=C\CCCCCCCCCCCCCCCCC(=O)NC(COP(=O)(O)OCC[N+](C)(C)C)C(O)/C=C/CC/C=C/CCCCCCCCCCCCCCCCCC. The van der Waals surface area contributed by atoms with Gasteiger partial charge in [-0.05, 0) is 57.8 Å². The number of allylic oxidation sites excluding steroid dienone is 7. The Morgan fingerprint density at radius 3 is 1.40 bits per heavy atom. The van der Waals surface area contributed by atoms with Crippen molar-refractivity contribution >= 4 is 13.7 Å². The number of aliphatic hydroxyl groups is 1.